The fourth-order valence-electron chi connectivity index (χ4n) is 3.22. The van der Waals surface area contributed by atoms with Crippen LogP contribution in [0.15, 0.2) is 77.8 Å². The summed E-state index contributed by atoms with van der Waals surface area (Å²) in [5.41, 5.74) is 3.78. The highest BCUT2D eigenvalue weighted by Gasteiger charge is 2.16. The van der Waals surface area contributed by atoms with Crippen LogP contribution in [0.1, 0.15) is 43.9 Å². The Hall–Kier alpha value is -2.81. The summed E-state index contributed by atoms with van der Waals surface area (Å²) in [6, 6.07) is 22.2. The molecule has 0 radical (unpaired) electrons. The van der Waals surface area contributed by atoms with E-state index in [1.165, 1.54) is 18.2 Å². The Morgan fingerprint density at radius 1 is 0.778 bits per heavy atom. The number of nitrogens with zero attached hydrogens (tertiary/aromatic N) is 1. The molecular formula is C24H23F2N. The molecule has 0 spiro atoms. The van der Waals surface area contributed by atoms with Gasteiger partial charge in [0.2, 0.25) is 0 Å². The van der Waals surface area contributed by atoms with Crippen LogP contribution < -0.4 is 0 Å². The van der Waals surface area contributed by atoms with Crippen molar-refractivity contribution in [3.63, 3.8) is 0 Å². The van der Waals surface area contributed by atoms with Crippen LogP contribution in [0.4, 0.5) is 8.78 Å². The average Bonchev–Trinajstić information content (AvgIpc) is 2.71. The summed E-state index contributed by atoms with van der Waals surface area (Å²) < 4.78 is 28.3. The van der Waals surface area contributed by atoms with Crippen LogP contribution in [-0.2, 0) is 0 Å². The quantitative estimate of drug-likeness (QED) is 0.419. The number of hydrogen-bond donors (Lipinski definition) is 0. The van der Waals surface area contributed by atoms with Gasteiger partial charge in [0.15, 0.2) is 0 Å². The molecule has 1 atom stereocenters. The molecule has 0 saturated carbocycles. The van der Waals surface area contributed by atoms with Gasteiger partial charge in [0.1, 0.15) is 11.6 Å². The van der Waals surface area contributed by atoms with Gasteiger partial charge in [0, 0.05) is 5.71 Å². The van der Waals surface area contributed by atoms with Crippen LogP contribution in [0.25, 0.3) is 11.1 Å². The summed E-state index contributed by atoms with van der Waals surface area (Å²) in [6.45, 7) is 3.90. The highest BCUT2D eigenvalue weighted by atomic mass is 19.1. The lowest BCUT2D eigenvalue weighted by molar-refractivity contribution is 0.577. The molecule has 0 amide bonds. The van der Waals surface area contributed by atoms with Gasteiger partial charge in [0.05, 0.1) is 11.6 Å². The molecule has 27 heavy (non-hydrogen) atoms. The first kappa shape index (κ1) is 19.0. The van der Waals surface area contributed by atoms with Gasteiger partial charge in [-0.1, -0.05) is 74.5 Å². The summed E-state index contributed by atoms with van der Waals surface area (Å²) >= 11 is 0. The number of benzene rings is 3. The minimum atomic E-state index is -0.565. The molecule has 0 aromatic heterocycles. The van der Waals surface area contributed by atoms with Crippen molar-refractivity contribution in [1.29, 1.82) is 0 Å². The van der Waals surface area contributed by atoms with Gasteiger partial charge in [-0.15, -0.1) is 0 Å². The van der Waals surface area contributed by atoms with E-state index in [4.69, 9.17) is 4.99 Å². The summed E-state index contributed by atoms with van der Waals surface area (Å²) in [7, 11) is 0. The second-order valence-corrected chi connectivity index (χ2v) is 6.44. The van der Waals surface area contributed by atoms with Crippen LogP contribution in [0.5, 0.6) is 0 Å². The van der Waals surface area contributed by atoms with Crippen molar-refractivity contribution in [2.75, 3.05) is 0 Å². The molecule has 3 aromatic rings. The van der Waals surface area contributed by atoms with Crippen molar-refractivity contribution >= 4 is 5.71 Å². The van der Waals surface area contributed by atoms with E-state index in [-0.39, 0.29) is 11.6 Å². The first-order valence-electron chi connectivity index (χ1n) is 9.30. The largest absolute Gasteiger partial charge is 0.281 e. The van der Waals surface area contributed by atoms with Gasteiger partial charge >= 0.3 is 0 Å². The standard InChI is InChI=1S/C24H23F2N/c1-3-22(27-23(4-2)24-20(25)11-8-12-21(24)26)19-15-13-18(14-16-19)17-9-6-5-7-10-17/h5-16,22H,3-4H2,1-2H3/t22-/m1/s1. The first-order chi connectivity index (χ1) is 13.1. The molecule has 0 bridgehead atoms. The fraction of sp³-hybridized carbons (Fsp3) is 0.208. The molecule has 0 aliphatic carbocycles. The van der Waals surface area contributed by atoms with Crippen molar-refractivity contribution in [2.24, 2.45) is 4.99 Å². The number of rotatable bonds is 6. The second-order valence-electron chi connectivity index (χ2n) is 6.44. The predicted octanol–water partition coefficient (Wildman–Crippen LogP) is 6.98. The molecule has 3 rings (SSSR count). The zero-order valence-corrected chi connectivity index (χ0v) is 15.6. The van der Waals surface area contributed by atoms with Crippen molar-refractivity contribution in [3.05, 3.63) is 95.6 Å². The maximum atomic E-state index is 14.2. The summed E-state index contributed by atoms with van der Waals surface area (Å²) in [5.74, 6) is -1.13. The van der Waals surface area contributed by atoms with E-state index in [1.54, 1.807) is 0 Å². The molecule has 138 valence electrons. The minimum absolute atomic E-state index is 0.0145. The zero-order chi connectivity index (χ0) is 19.2. The molecule has 0 N–H and O–H groups in total. The molecule has 0 unspecified atom stereocenters. The molecule has 0 heterocycles. The molecule has 3 heteroatoms. The van der Waals surface area contributed by atoms with Crippen LogP contribution in [-0.4, -0.2) is 5.71 Å². The third-order valence-electron chi connectivity index (χ3n) is 4.69. The van der Waals surface area contributed by atoms with Crippen molar-refractivity contribution in [1.82, 2.24) is 0 Å². The molecule has 0 fully saturated rings. The molecule has 0 aliphatic heterocycles. The molecule has 0 aliphatic rings. The van der Waals surface area contributed by atoms with E-state index >= 15 is 0 Å². The highest BCUT2D eigenvalue weighted by Crippen LogP contribution is 2.27. The van der Waals surface area contributed by atoms with Gasteiger partial charge in [-0.2, -0.15) is 0 Å². The van der Waals surface area contributed by atoms with Gasteiger partial charge in [-0.25, -0.2) is 8.78 Å². The van der Waals surface area contributed by atoms with E-state index in [1.807, 2.05) is 44.2 Å². The van der Waals surface area contributed by atoms with Crippen LogP contribution in [0, 0.1) is 11.6 Å². The number of halogens is 2. The van der Waals surface area contributed by atoms with Crippen molar-refractivity contribution in [3.8, 4) is 11.1 Å². The summed E-state index contributed by atoms with van der Waals surface area (Å²) in [4.78, 5) is 4.71. The molecule has 0 saturated heterocycles. The minimum Gasteiger partial charge on any atom is -0.281 e. The Balaban J connectivity index is 1.93. The lowest BCUT2D eigenvalue weighted by Gasteiger charge is -2.15. The predicted molar refractivity (Wildman–Crippen MR) is 108 cm³/mol. The Kier molecular flexibility index (Phi) is 6.12. The topological polar surface area (TPSA) is 12.4 Å². The third-order valence-corrected chi connectivity index (χ3v) is 4.69. The monoisotopic (exact) mass is 363 g/mol. The maximum Gasteiger partial charge on any atom is 0.135 e. The highest BCUT2D eigenvalue weighted by molar-refractivity contribution is 6.01. The lowest BCUT2D eigenvalue weighted by atomic mass is 9.99. The molecule has 1 nitrogen and oxygen atoms in total. The van der Waals surface area contributed by atoms with Crippen molar-refractivity contribution in [2.45, 2.75) is 32.7 Å². The smallest absolute Gasteiger partial charge is 0.135 e. The van der Waals surface area contributed by atoms with Crippen LogP contribution in [0.3, 0.4) is 0 Å². The average molecular weight is 363 g/mol. The van der Waals surface area contributed by atoms with Crippen LogP contribution in [0.2, 0.25) is 0 Å². The third kappa shape index (κ3) is 4.30. The summed E-state index contributed by atoms with van der Waals surface area (Å²) in [6.07, 6.45) is 1.22. The Labute approximate surface area is 159 Å². The SMILES string of the molecule is CCC(=N[C@H](CC)c1ccc(-c2ccccc2)cc1)c1c(F)cccc1F. The van der Waals surface area contributed by atoms with Gasteiger partial charge in [0.25, 0.3) is 0 Å². The van der Waals surface area contributed by atoms with E-state index < -0.39 is 11.6 Å². The van der Waals surface area contributed by atoms with Crippen LogP contribution >= 0.6 is 0 Å². The zero-order valence-electron chi connectivity index (χ0n) is 15.6. The normalized spacial score (nSPS) is 12.8. The maximum absolute atomic E-state index is 14.2. The van der Waals surface area contributed by atoms with E-state index in [0.29, 0.717) is 12.1 Å². The van der Waals surface area contributed by atoms with Gasteiger partial charge < -0.3 is 0 Å². The second kappa shape index (κ2) is 8.72. The van der Waals surface area contributed by atoms with E-state index in [0.717, 1.165) is 23.1 Å². The number of hydrogen-bond acceptors (Lipinski definition) is 1. The molecular weight excluding hydrogens is 340 g/mol. The van der Waals surface area contributed by atoms with E-state index in [2.05, 4.69) is 24.3 Å². The summed E-state index contributed by atoms with van der Waals surface area (Å²) in [5, 5.41) is 0. The fourth-order valence-corrected chi connectivity index (χ4v) is 3.22. The Morgan fingerprint density at radius 2 is 1.37 bits per heavy atom. The number of aliphatic imine (C=N–C) groups is 1. The van der Waals surface area contributed by atoms with Crippen molar-refractivity contribution < 1.29 is 8.78 Å². The lowest BCUT2D eigenvalue weighted by Crippen LogP contribution is -2.09. The molecule has 3 aromatic carbocycles. The Morgan fingerprint density at radius 3 is 1.93 bits per heavy atom. The van der Waals surface area contributed by atoms with E-state index in [9.17, 15) is 8.78 Å². The van der Waals surface area contributed by atoms with Gasteiger partial charge in [-0.3, -0.25) is 4.99 Å². The first-order valence-corrected chi connectivity index (χ1v) is 9.30. The van der Waals surface area contributed by atoms with Gasteiger partial charge in [-0.05, 0) is 41.7 Å². The Bertz CT molecular complexity index is 895.